The Balaban J connectivity index is 1.78. The molecule has 1 aliphatic rings. The predicted octanol–water partition coefficient (Wildman–Crippen LogP) is 2.49. The van der Waals surface area contributed by atoms with E-state index >= 15 is 0 Å². The lowest BCUT2D eigenvalue weighted by Crippen LogP contribution is -2.41. The number of nitrogens with zero attached hydrogens (tertiary/aromatic N) is 1. The lowest BCUT2D eigenvalue weighted by Gasteiger charge is -2.17. The van der Waals surface area contributed by atoms with E-state index < -0.39 is 24.0 Å². The molecule has 0 unspecified atom stereocenters. The van der Waals surface area contributed by atoms with E-state index in [1.165, 1.54) is 6.92 Å². The van der Waals surface area contributed by atoms with E-state index in [1.54, 1.807) is 25.1 Å². The van der Waals surface area contributed by atoms with Gasteiger partial charge >= 0.3 is 12.0 Å². The topological polar surface area (TPSA) is 88.9 Å². The van der Waals surface area contributed by atoms with Crippen LogP contribution in [0.15, 0.2) is 22.6 Å². The van der Waals surface area contributed by atoms with Crippen LogP contribution in [-0.2, 0) is 9.53 Å². The maximum atomic E-state index is 12.3. The van der Waals surface area contributed by atoms with Crippen LogP contribution < -0.4 is 5.32 Å². The summed E-state index contributed by atoms with van der Waals surface area (Å²) in [6.07, 6.45) is -1.10. The van der Waals surface area contributed by atoms with Crippen LogP contribution >= 0.6 is 11.6 Å². The molecule has 126 valence electrons. The van der Waals surface area contributed by atoms with Gasteiger partial charge in [0.05, 0.1) is 0 Å². The molecule has 7 nitrogen and oxygen atoms in total. The molecule has 0 radical (unpaired) electrons. The van der Waals surface area contributed by atoms with Crippen molar-refractivity contribution in [2.24, 2.45) is 0 Å². The SMILES string of the molecule is Cc1c(C(=O)O[C@@H](C)C(=O)N2CCNC2=O)oc2ccc(Cl)cc12. The Morgan fingerprint density at radius 2 is 2.17 bits per heavy atom. The second-order valence-corrected chi connectivity index (χ2v) is 5.90. The number of fused-ring (bicyclic) bond motifs is 1. The van der Waals surface area contributed by atoms with Gasteiger partial charge in [-0.1, -0.05) is 11.6 Å². The molecule has 1 atom stereocenters. The number of urea groups is 1. The number of hydrogen-bond donors (Lipinski definition) is 1. The number of carbonyl (C=O) groups excluding carboxylic acids is 3. The summed E-state index contributed by atoms with van der Waals surface area (Å²) in [4.78, 5) is 37.0. The minimum Gasteiger partial charge on any atom is -0.449 e. The summed E-state index contributed by atoms with van der Waals surface area (Å²) in [5, 5.41) is 3.74. The first-order valence-corrected chi connectivity index (χ1v) is 7.75. The highest BCUT2D eigenvalue weighted by Gasteiger charge is 2.32. The lowest BCUT2D eigenvalue weighted by molar-refractivity contribution is -0.136. The maximum Gasteiger partial charge on any atom is 0.375 e. The van der Waals surface area contributed by atoms with Crippen molar-refractivity contribution < 1.29 is 23.5 Å². The predicted molar refractivity (Wildman–Crippen MR) is 86.0 cm³/mol. The fraction of sp³-hybridized carbons (Fsp3) is 0.312. The summed E-state index contributed by atoms with van der Waals surface area (Å²) in [5.74, 6) is -1.33. The molecule has 3 rings (SSSR count). The molecular formula is C16H15ClN2O5. The number of benzene rings is 1. The number of halogens is 1. The Labute approximate surface area is 142 Å². The summed E-state index contributed by atoms with van der Waals surface area (Å²) in [6.45, 7) is 3.76. The van der Waals surface area contributed by atoms with Crippen LogP contribution in [0.25, 0.3) is 11.0 Å². The van der Waals surface area contributed by atoms with Crippen LogP contribution in [-0.4, -0.2) is 42.0 Å². The number of ether oxygens (including phenoxy) is 1. The van der Waals surface area contributed by atoms with E-state index in [0.717, 1.165) is 4.90 Å². The monoisotopic (exact) mass is 350 g/mol. The highest BCUT2D eigenvalue weighted by Crippen LogP contribution is 2.28. The molecule has 8 heteroatoms. The Morgan fingerprint density at radius 1 is 1.42 bits per heavy atom. The highest BCUT2D eigenvalue weighted by molar-refractivity contribution is 6.31. The van der Waals surface area contributed by atoms with E-state index in [2.05, 4.69) is 5.32 Å². The Hall–Kier alpha value is -2.54. The Bertz CT molecular complexity index is 844. The molecule has 2 heterocycles. The number of amides is 3. The summed E-state index contributed by atoms with van der Waals surface area (Å²) in [5.41, 5.74) is 1.08. The van der Waals surface area contributed by atoms with Crippen LogP contribution in [0.5, 0.6) is 0 Å². The Morgan fingerprint density at radius 3 is 2.83 bits per heavy atom. The second-order valence-electron chi connectivity index (χ2n) is 5.47. The van der Waals surface area contributed by atoms with Gasteiger partial charge in [0.2, 0.25) is 5.76 Å². The summed E-state index contributed by atoms with van der Waals surface area (Å²) in [7, 11) is 0. The van der Waals surface area contributed by atoms with Gasteiger partial charge in [-0.25, -0.2) is 9.59 Å². The zero-order valence-corrected chi connectivity index (χ0v) is 13.8. The first kappa shape index (κ1) is 16.3. The molecule has 0 aliphatic carbocycles. The third-order valence-electron chi connectivity index (χ3n) is 3.84. The number of aryl methyl sites for hydroxylation is 1. The number of hydrogen-bond acceptors (Lipinski definition) is 5. The molecule has 2 aromatic rings. The van der Waals surface area contributed by atoms with Gasteiger partial charge in [0.25, 0.3) is 5.91 Å². The van der Waals surface area contributed by atoms with Crippen molar-refractivity contribution in [3.63, 3.8) is 0 Å². The molecule has 1 aromatic carbocycles. The quantitative estimate of drug-likeness (QED) is 0.859. The van der Waals surface area contributed by atoms with Crippen molar-refractivity contribution in [1.29, 1.82) is 0 Å². The average Bonchev–Trinajstić information content (AvgIpc) is 3.10. The molecular weight excluding hydrogens is 336 g/mol. The first-order valence-electron chi connectivity index (χ1n) is 7.37. The number of esters is 1. The molecule has 0 saturated carbocycles. The van der Waals surface area contributed by atoms with E-state index in [1.807, 2.05) is 0 Å². The summed E-state index contributed by atoms with van der Waals surface area (Å²) >= 11 is 5.95. The van der Waals surface area contributed by atoms with Crippen molar-refractivity contribution in [1.82, 2.24) is 10.2 Å². The fourth-order valence-electron chi connectivity index (χ4n) is 2.55. The molecule has 1 saturated heterocycles. The highest BCUT2D eigenvalue weighted by atomic mass is 35.5. The van der Waals surface area contributed by atoms with E-state index in [-0.39, 0.29) is 12.3 Å². The largest absolute Gasteiger partial charge is 0.449 e. The molecule has 0 bridgehead atoms. The van der Waals surface area contributed by atoms with Gasteiger partial charge in [-0.3, -0.25) is 9.69 Å². The lowest BCUT2D eigenvalue weighted by atomic mass is 10.1. The third-order valence-corrected chi connectivity index (χ3v) is 4.07. The van der Waals surface area contributed by atoms with Gasteiger partial charge in [0.15, 0.2) is 6.10 Å². The zero-order valence-electron chi connectivity index (χ0n) is 13.1. The van der Waals surface area contributed by atoms with Crippen LogP contribution in [0.2, 0.25) is 5.02 Å². The molecule has 0 spiro atoms. The second kappa shape index (κ2) is 6.16. The zero-order chi connectivity index (χ0) is 17.4. The number of nitrogens with one attached hydrogen (secondary N) is 1. The standard InChI is InChI=1S/C16H15ClN2O5/c1-8-11-7-10(17)3-4-12(11)24-13(8)15(21)23-9(2)14(20)19-6-5-18-16(19)22/h3-4,7,9H,5-6H2,1-2H3,(H,18,22)/t9-/m0/s1. The molecule has 3 amide bonds. The number of imide groups is 1. The van der Waals surface area contributed by atoms with Crippen molar-refractivity contribution in [2.75, 3.05) is 13.1 Å². The van der Waals surface area contributed by atoms with Gasteiger partial charge < -0.3 is 14.5 Å². The van der Waals surface area contributed by atoms with E-state index in [0.29, 0.717) is 28.1 Å². The maximum absolute atomic E-state index is 12.3. The van der Waals surface area contributed by atoms with Crippen molar-refractivity contribution in [3.8, 4) is 0 Å². The van der Waals surface area contributed by atoms with Gasteiger partial charge in [-0.15, -0.1) is 0 Å². The van der Waals surface area contributed by atoms with Gasteiger partial charge in [-0.2, -0.15) is 0 Å². The van der Waals surface area contributed by atoms with Gasteiger partial charge in [-0.05, 0) is 32.0 Å². The average molecular weight is 351 g/mol. The smallest absolute Gasteiger partial charge is 0.375 e. The number of furan rings is 1. The van der Waals surface area contributed by atoms with Crippen molar-refractivity contribution >= 4 is 40.5 Å². The van der Waals surface area contributed by atoms with Crippen LogP contribution in [0.1, 0.15) is 23.0 Å². The van der Waals surface area contributed by atoms with Gasteiger partial charge in [0.1, 0.15) is 5.58 Å². The van der Waals surface area contributed by atoms with Crippen LogP contribution in [0.3, 0.4) is 0 Å². The molecule has 1 aliphatic heterocycles. The van der Waals surface area contributed by atoms with Crippen LogP contribution in [0.4, 0.5) is 4.79 Å². The van der Waals surface area contributed by atoms with E-state index in [4.69, 9.17) is 20.8 Å². The third kappa shape index (κ3) is 2.82. The molecule has 1 aromatic heterocycles. The van der Waals surface area contributed by atoms with Crippen molar-refractivity contribution in [2.45, 2.75) is 20.0 Å². The molecule has 24 heavy (non-hydrogen) atoms. The number of carbonyl (C=O) groups is 3. The molecule has 1 fully saturated rings. The normalized spacial score (nSPS) is 15.5. The summed E-state index contributed by atoms with van der Waals surface area (Å²) in [6, 6.07) is 4.51. The van der Waals surface area contributed by atoms with Gasteiger partial charge in [0, 0.05) is 29.1 Å². The van der Waals surface area contributed by atoms with E-state index in [9.17, 15) is 14.4 Å². The minimum atomic E-state index is -1.10. The number of rotatable bonds is 3. The fourth-order valence-corrected chi connectivity index (χ4v) is 2.73. The Kier molecular flexibility index (Phi) is 4.19. The molecule has 1 N–H and O–H groups in total. The first-order chi connectivity index (χ1) is 11.4. The van der Waals surface area contributed by atoms with Crippen LogP contribution in [0, 0.1) is 6.92 Å². The van der Waals surface area contributed by atoms with Crippen molar-refractivity contribution in [3.05, 3.63) is 34.5 Å². The summed E-state index contributed by atoms with van der Waals surface area (Å²) < 4.78 is 10.7. The minimum absolute atomic E-state index is 0.0118.